The summed E-state index contributed by atoms with van der Waals surface area (Å²) >= 11 is 18.1. The number of hydrogen-bond acceptors (Lipinski definition) is 10. The second-order valence-corrected chi connectivity index (χ2v) is 14.7. The molecule has 0 unspecified atom stereocenters. The van der Waals surface area contributed by atoms with Crippen LogP contribution in [0.5, 0.6) is 0 Å². The van der Waals surface area contributed by atoms with Crippen LogP contribution in [0.2, 0.25) is 10.0 Å². The molecule has 2 aromatic carbocycles. The number of morpholine rings is 2. The molecule has 2 aliphatic rings. The molecule has 2 saturated heterocycles. The number of aromatic nitrogens is 6. The maximum Gasteiger partial charge on any atom is 0.258 e. The zero-order chi connectivity index (χ0) is 39.1. The number of hydrogen-bond donors (Lipinski definition) is 3. The number of halogens is 3. The number of benzene rings is 2. The van der Waals surface area contributed by atoms with Crippen molar-refractivity contribution in [2.45, 2.75) is 64.5 Å². The van der Waals surface area contributed by atoms with Gasteiger partial charge in [-0.25, -0.2) is 9.97 Å². The monoisotopic (exact) mass is 804 g/mol. The van der Waals surface area contributed by atoms with Crippen LogP contribution in [-0.4, -0.2) is 85.4 Å². The number of pyridine rings is 2. The SMILES string of the molecule is C[C@@H]1CN(Cc2nc3cc(-c4ncccc4Cl)ccc3c(=O)[nH]2)C[C@@H](C)O1.C[C@@H]1CNC[C@@H](C)O1.O=c1[nH]c(CCl)nc2cc(-c3ncccc3Cl)ccc12. The van der Waals surface area contributed by atoms with Crippen LogP contribution in [-0.2, 0) is 21.9 Å². The van der Waals surface area contributed by atoms with E-state index in [1.54, 1.807) is 60.9 Å². The summed E-state index contributed by atoms with van der Waals surface area (Å²) < 4.78 is 11.2. The molecular weight excluding hydrogens is 763 g/mol. The van der Waals surface area contributed by atoms with Crippen LogP contribution in [0.25, 0.3) is 44.3 Å². The Balaban J connectivity index is 0.000000160. The van der Waals surface area contributed by atoms with Crippen LogP contribution in [0.1, 0.15) is 39.3 Å². The van der Waals surface area contributed by atoms with Gasteiger partial charge in [0.1, 0.15) is 11.6 Å². The van der Waals surface area contributed by atoms with Gasteiger partial charge in [-0.05, 0) is 76.2 Å². The first kappa shape index (κ1) is 40.4. The molecule has 2 aliphatic heterocycles. The summed E-state index contributed by atoms with van der Waals surface area (Å²) in [6.45, 7) is 12.5. The van der Waals surface area contributed by atoms with Gasteiger partial charge in [-0.3, -0.25) is 24.5 Å². The van der Waals surface area contributed by atoms with Crippen molar-refractivity contribution in [2.24, 2.45) is 0 Å². The Bertz CT molecular complexity index is 2360. The van der Waals surface area contributed by atoms with Crippen molar-refractivity contribution >= 4 is 56.6 Å². The topological polar surface area (TPSA) is 151 Å². The molecule has 3 N–H and O–H groups in total. The van der Waals surface area contributed by atoms with E-state index < -0.39 is 0 Å². The maximum atomic E-state index is 12.5. The molecule has 6 heterocycles. The Hall–Kier alpha value is -4.27. The minimum absolute atomic E-state index is 0.136. The minimum atomic E-state index is -0.204. The summed E-state index contributed by atoms with van der Waals surface area (Å²) in [5.41, 5.74) is 3.86. The van der Waals surface area contributed by atoms with E-state index in [1.807, 2.05) is 12.1 Å². The van der Waals surface area contributed by atoms with Gasteiger partial charge in [0.05, 0.1) is 80.1 Å². The molecule has 0 aliphatic carbocycles. The molecule has 8 rings (SSSR count). The molecule has 15 heteroatoms. The highest BCUT2D eigenvalue weighted by Crippen LogP contribution is 2.28. The molecule has 2 fully saturated rings. The third kappa shape index (κ3) is 10.5. The van der Waals surface area contributed by atoms with Gasteiger partial charge in [0.25, 0.3) is 11.1 Å². The number of rotatable bonds is 5. The van der Waals surface area contributed by atoms with Gasteiger partial charge >= 0.3 is 0 Å². The van der Waals surface area contributed by atoms with Gasteiger partial charge in [-0.1, -0.05) is 35.3 Å². The highest BCUT2D eigenvalue weighted by molar-refractivity contribution is 6.33. The largest absolute Gasteiger partial charge is 0.373 e. The van der Waals surface area contributed by atoms with E-state index in [-0.39, 0.29) is 29.2 Å². The second-order valence-electron chi connectivity index (χ2n) is 13.7. The van der Waals surface area contributed by atoms with Crippen molar-refractivity contribution < 1.29 is 9.47 Å². The van der Waals surface area contributed by atoms with E-state index in [1.165, 1.54) is 0 Å². The van der Waals surface area contributed by atoms with Gasteiger partial charge in [-0.15, -0.1) is 11.6 Å². The lowest BCUT2D eigenvalue weighted by atomic mass is 10.1. The van der Waals surface area contributed by atoms with Crippen LogP contribution in [0, 0.1) is 0 Å². The summed E-state index contributed by atoms with van der Waals surface area (Å²) in [4.78, 5) is 49.8. The summed E-state index contributed by atoms with van der Waals surface area (Å²) in [7, 11) is 0. The molecule has 0 radical (unpaired) electrons. The first-order valence-corrected chi connectivity index (χ1v) is 19.3. The highest BCUT2D eigenvalue weighted by atomic mass is 35.5. The van der Waals surface area contributed by atoms with Crippen LogP contribution in [0.3, 0.4) is 0 Å². The quantitative estimate of drug-likeness (QED) is 0.155. The van der Waals surface area contributed by atoms with Gasteiger partial charge < -0.3 is 24.8 Å². The van der Waals surface area contributed by atoms with Gasteiger partial charge in [0.2, 0.25) is 0 Å². The van der Waals surface area contributed by atoms with E-state index in [2.05, 4.69) is 67.8 Å². The molecule has 0 spiro atoms. The Labute approximate surface area is 333 Å². The third-order valence-corrected chi connectivity index (χ3v) is 9.76. The van der Waals surface area contributed by atoms with E-state index in [4.69, 9.17) is 44.3 Å². The van der Waals surface area contributed by atoms with Crippen molar-refractivity contribution in [3.05, 3.63) is 115 Å². The number of nitrogens with zero attached hydrogens (tertiary/aromatic N) is 5. The molecule has 0 bridgehead atoms. The maximum absolute atomic E-state index is 12.5. The van der Waals surface area contributed by atoms with Gasteiger partial charge in [0, 0.05) is 49.7 Å². The van der Waals surface area contributed by atoms with Crippen molar-refractivity contribution in [1.82, 2.24) is 40.1 Å². The molecule has 12 nitrogen and oxygen atoms in total. The zero-order valence-corrected chi connectivity index (χ0v) is 33.3. The Morgan fingerprint density at radius 2 is 1.16 bits per heavy atom. The molecule has 6 aromatic rings. The predicted molar refractivity (Wildman–Crippen MR) is 219 cm³/mol. The molecule has 55 heavy (non-hydrogen) atoms. The fourth-order valence-electron chi connectivity index (χ4n) is 6.61. The van der Waals surface area contributed by atoms with Crippen molar-refractivity contribution in [3.63, 3.8) is 0 Å². The van der Waals surface area contributed by atoms with Crippen LogP contribution >= 0.6 is 34.8 Å². The molecule has 4 aromatic heterocycles. The average molecular weight is 806 g/mol. The highest BCUT2D eigenvalue weighted by Gasteiger charge is 2.23. The fourth-order valence-corrected chi connectivity index (χ4v) is 7.20. The average Bonchev–Trinajstić information content (AvgIpc) is 3.15. The number of nitrogens with one attached hydrogen (secondary N) is 3. The Morgan fingerprint density at radius 1 is 0.691 bits per heavy atom. The standard InChI is InChI=1S/C20H21ClN4O2.C14H9Cl2N3O.C6H13NO/c1-12-9-25(10-13(2)27-12)11-18-23-17-8-14(5-6-15(17)20(26)24-18)19-16(21)4-3-7-22-19;15-7-12-18-11-6-8(3-4-9(11)14(20)19-12)13-10(16)2-1-5-17-13;1-5-3-7-4-6(2)8-5/h3-8,12-13H,9-11H2,1-2H3,(H,23,24,26);1-6H,7H2,(H,18,19,20);5-7H,3-4H2,1-2H3/t12-,13-;;5-,6-/m1.1/s1. The van der Waals surface area contributed by atoms with Crippen molar-refractivity contribution in [2.75, 3.05) is 26.2 Å². The van der Waals surface area contributed by atoms with Crippen LogP contribution in [0.4, 0.5) is 0 Å². The first-order valence-electron chi connectivity index (χ1n) is 18.0. The second kappa shape index (κ2) is 18.6. The van der Waals surface area contributed by atoms with Gasteiger partial charge in [0.15, 0.2) is 0 Å². The Kier molecular flexibility index (Phi) is 13.6. The van der Waals surface area contributed by atoms with Crippen LogP contribution < -0.4 is 16.4 Å². The van der Waals surface area contributed by atoms with Crippen LogP contribution in [0.15, 0.2) is 82.6 Å². The first-order chi connectivity index (χ1) is 26.5. The van der Waals surface area contributed by atoms with Gasteiger partial charge in [-0.2, -0.15) is 0 Å². The normalized spacial score (nSPS) is 20.0. The number of ether oxygens (including phenoxy) is 2. The van der Waals surface area contributed by atoms with Crippen molar-refractivity contribution in [3.8, 4) is 22.5 Å². The lowest BCUT2D eigenvalue weighted by Gasteiger charge is -2.34. The van der Waals surface area contributed by atoms with Crippen molar-refractivity contribution in [1.29, 1.82) is 0 Å². The summed E-state index contributed by atoms with van der Waals surface area (Å²) in [5, 5.41) is 5.44. The minimum Gasteiger partial charge on any atom is -0.373 e. The molecule has 0 amide bonds. The Morgan fingerprint density at radius 3 is 1.62 bits per heavy atom. The third-order valence-electron chi connectivity index (χ3n) is 8.90. The van der Waals surface area contributed by atoms with E-state index in [9.17, 15) is 9.59 Å². The zero-order valence-electron chi connectivity index (χ0n) is 31.0. The van der Waals surface area contributed by atoms with E-state index in [0.29, 0.717) is 73.6 Å². The van der Waals surface area contributed by atoms with E-state index in [0.717, 1.165) is 37.3 Å². The van der Waals surface area contributed by atoms with E-state index >= 15 is 0 Å². The lowest BCUT2D eigenvalue weighted by molar-refractivity contribution is -0.0710. The molecule has 288 valence electrons. The predicted octanol–water partition coefficient (Wildman–Crippen LogP) is 7.01. The smallest absolute Gasteiger partial charge is 0.258 e. The summed E-state index contributed by atoms with van der Waals surface area (Å²) in [6.07, 6.45) is 4.50. The summed E-state index contributed by atoms with van der Waals surface area (Å²) in [6, 6.07) is 17.9. The number of fused-ring (bicyclic) bond motifs is 2. The number of H-pyrrole nitrogens is 2. The molecule has 0 saturated carbocycles. The fraction of sp³-hybridized carbons (Fsp3) is 0.350. The molecular formula is C40H43Cl3N8O4. The number of alkyl halides is 1. The molecule has 4 atom stereocenters. The summed E-state index contributed by atoms with van der Waals surface area (Å²) in [5.74, 6) is 1.24. The lowest BCUT2D eigenvalue weighted by Crippen LogP contribution is -2.45. The number of aromatic amines is 2.